The average Bonchev–Trinajstić information content (AvgIpc) is 3.12. The largest absolute Gasteiger partial charge is 0.441 e. The minimum absolute atomic E-state index is 0.0941. The number of sulfone groups is 1. The van der Waals surface area contributed by atoms with Crippen molar-refractivity contribution in [3.63, 3.8) is 0 Å². The molecule has 0 aliphatic carbocycles. The van der Waals surface area contributed by atoms with Crippen molar-refractivity contribution in [3.8, 4) is 11.5 Å². The lowest BCUT2D eigenvalue weighted by Crippen LogP contribution is -2.54. The van der Waals surface area contributed by atoms with Crippen molar-refractivity contribution in [1.82, 2.24) is 9.88 Å². The highest BCUT2D eigenvalue weighted by atomic mass is 32.2. The summed E-state index contributed by atoms with van der Waals surface area (Å²) >= 11 is 0. The number of aromatic nitrogens is 1. The maximum atomic E-state index is 12.9. The molecule has 8 heteroatoms. The Labute approximate surface area is 201 Å². The number of hydrogen-bond acceptors (Lipinski definition) is 6. The Kier molecular flexibility index (Phi) is 6.79. The summed E-state index contributed by atoms with van der Waals surface area (Å²) in [5.74, 6) is -0.367. The Morgan fingerprint density at radius 2 is 1.85 bits per heavy atom. The van der Waals surface area contributed by atoms with Crippen LogP contribution < -0.4 is 4.90 Å². The summed E-state index contributed by atoms with van der Waals surface area (Å²) in [5, 5.41) is 0. The van der Waals surface area contributed by atoms with E-state index in [0.29, 0.717) is 37.0 Å². The second kappa shape index (κ2) is 9.62. The molecule has 1 aliphatic heterocycles. The number of nitrogens with zero attached hydrogens (tertiary/aromatic N) is 3. The van der Waals surface area contributed by atoms with Gasteiger partial charge in [-0.15, -0.1) is 0 Å². The van der Waals surface area contributed by atoms with E-state index in [-0.39, 0.29) is 17.7 Å². The Balaban J connectivity index is 1.40. The molecule has 1 fully saturated rings. The summed E-state index contributed by atoms with van der Waals surface area (Å²) in [6.07, 6.45) is 0. The maximum Gasteiger partial charge on any atom is 0.237 e. The Bertz CT molecular complexity index is 1300. The van der Waals surface area contributed by atoms with Crippen molar-refractivity contribution in [2.45, 2.75) is 39.5 Å². The summed E-state index contributed by atoms with van der Waals surface area (Å²) in [6, 6.07) is 16.0. The zero-order valence-electron chi connectivity index (χ0n) is 20.1. The molecule has 3 aromatic rings. The number of aryl methyl sites for hydroxylation is 3. The highest BCUT2D eigenvalue weighted by Crippen LogP contribution is 2.26. The molecule has 1 aliphatic rings. The highest BCUT2D eigenvalue weighted by Gasteiger charge is 2.30. The molecular weight excluding hydrogens is 450 g/mol. The molecule has 180 valence electrons. The van der Waals surface area contributed by atoms with Gasteiger partial charge < -0.3 is 14.2 Å². The van der Waals surface area contributed by atoms with Gasteiger partial charge in [0.25, 0.3) is 0 Å². The van der Waals surface area contributed by atoms with Crippen molar-refractivity contribution in [3.05, 3.63) is 71.1 Å². The van der Waals surface area contributed by atoms with Crippen LogP contribution in [0, 0.1) is 20.8 Å². The van der Waals surface area contributed by atoms with Crippen LogP contribution in [0.5, 0.6) is 0 Å². The molecular formula is C26H31N3O4S. The van der Waals surface area contributed by atoms with Crippen LogP contribution in [0.1, 0.15) is 29.5 Å². The Morgan fingerprint density at radius 1 is 1.09 bits per heavy atom. The van der Waals surface area contributed by atoms with Gasteiger partial charge in [0, 0.05) is 36.9 Å². The normalized spacial score (nSPS) is 16.6. The number of anilines is 1. The van der Waals surface area contributed by atoms with Crippen LogP contribution >= 0.6 is 0 Å². The number of oxazole rings is 1. The topological polar surface area (TPSA) is 83.7 Å². The zero-order chi connectivity index (χ0) is 24.5. The van der Waals surface area contributed by atoms with Gasteiger partial charge in [-0.3, -0.25) is 4.79 Å². The molecule has 1 amide bonds. The summed E-state index contributed by atoms with van der Waals surface area (Å²) in [6.45, 7) is 9.41. The standard InChI is InChI=1S/C26H31N3O4S/c1-18-8-7-10-22(14-18)29-13-12-28(15-20(29)3)25(30)17-34(31,32)16-24-21(4)33-26(27-24)23-11-6-5-9-19(23)2/h5-11,14,20H,12-13,15-17H2,1-4H3/t20-/m0/s1. The molecule has 1 aromatic heterocycles. The first kappa shape index (κ1) is 24.0. The van der Waals surface area contributed by atoms with Crippen LogP contribution in [-0.4, -0.2) is 55.6 Å². The van der Waals surface area contributed by atoms with E-state index < -0.39 is 15.6 Å². The summed E-state index contributed by atoms with van der Waals surface area (Å²) in [4.78, 5) is 21.2. The number of piperazine rings is 1. The third-order valence-corrected chi connectivity index (χ3v) is 7.68. The fourth-order valence-corrected chi connectivity index (χ4v) is 5.75. The highest BCUT2D eigenvalue weighted by molar-refractivity contribution is 7.91. The quantitative estimate of drug-likeness (QED) is 0.531. The van der Waals surface area contributed by atoms with E-state index >= 15 is 0 Å². The second-order valence-electron chi connectivity index (χ2n) is 9.09. The van der Waals surface area contributed by atoms with Gasteiger partial charge in [0.05, 0.1) is 11.4 Å². The van der Waals surface area contributed by atoms with E-state index in [9.17, 15) is 13.2 Å². The molecule has 1 saturated heterocycles. The predicted molar refractivity (Wildman–Crippen MR) is 133 cm³/mol. The van der Waals surface area contributed by atoms with Crippen molar-refractivity contribution in [2.75, 3.05) is 30.3 Å². The number of carbonyl (C=O) groups excluding carboxylic acids is 1. The number of rotatable bonds is 6. The molecule has 0 spiro atoms. The lowest BCUT2D eigenvalue weighted by Gasteiger charge is -2.41. The molecule has 0 N–H and O–H groups in total. The maximum absolute atomic E-state index is 12.9. The van der Waals surface area contributed by atoms with Gasteiger partial charge in [0.15, 0.2) is 9.84 Å². The Morgan fingerprint density at radius 3 is 2.56 bits per heavy atom. The minimum atomic E-state index is -3.70. The van der Waals surface area contributed by atoms with E-state index in [4.69, 9.17) is 4.42 Å². The zero-order valence-corrected chi connectivity index (χ0v) is 20.9. The molecule has 4 rings (SSSR count). The lowest BCUT2D eigenvalue weighted by molar-refractivity contribution is -0.129. The third kappa shape index (κ3) is 5.33. The number of carbonyl (C=O) groups is 1. The van der Waals surface area contributed by atoms with Crippen molar-refractivity contribution >= 4 is 21.4 Å². The van der Waals surface area contributed by atoms with Crippen molar-refractivity contribution < 1.29 is 17.6 Å². The molecule has 1 atom stereocenters. The number of benzene rings is 2. The monoisotopic (exact) mass is 481 g/mol. The van der Waals surface area contributed by atoms with E-state index in [1.165, 1.54) is 5.56 Å². The van der Waals surface area contributed by atoms with Crippen LogP contribution in [0.4, 0.5) is 5.69 Å². The molecule has 2 aromatic carbocycles. The van der Waals surface area contributed by atoms with Crippen molar-refractivity contribution in [1.29, 1.82) is 0 Å². The molecule has 34 heavy (non-hydrogen) atoms. The number of hydrogen-bond donors (Lipinski definition) is 0. The lowest BCUT2D eigenvalue weighted by atomic mass is 10.1. The summed E-state index contributed by atoms with van der Waals surface area (Å²) < 4.78 is 31.5. The minimum Gasteiger partial charge on any atom is -0.441 e. The van der Waals surface area contributed by atoms with Gasteiger partial charge in [-0.1, -0.05) is 30.3 Å². The summed E-state index contributed by atoms with van der Waals surface area (Å²) in [5.41, 5.74) is 4.47. The fourth-order valence-electron chi connectivity index (χ4n) is 4.40. The molecule has 0 unspecified atom stereocenters. The summed E-state index contributed by atoms with van der Waals surface area (Å²) in [7, 11) is -3.70. The third-order valence-electron chi connectivity index (χ3n) is 6.28. The first-order valence-electron chi connectivity index (χ1n) is 11.5. The number of amides is 1. The average molecular weight is 482 g/mol. The SMILES string of the molecule is Cc1cccc(N2CCN(C(=O)CS(=O)(=O)Cc3nc(-c4ccccc4C)oc3C)C[C@@H]2C)c1. The van der Waals surface area contributed by atoms with E-state index in [0.717, 1.165) is 16.8 Å². The van der Waals surface area contributed by atoms with E-state index in [1.54, 1.807) is 11.8 Å². The smallest absolute Gasteiger partial charge is 0.237 e. The molecule has 0 bridgehead atoms. The van der Waals surface area contributed by atoms with Gasteiger partial charge in [0.1, 0.15) is 11.5 Å². The Hall–Kier alpha value is -3.13. The first-order valence-corrected chi connectivity index (χ1v) is 13.3. The van der Waals surface area contributed by atoms with E-state index in [1.807, 2.05) is 37.3 Å². The van der Waals surface area contributed by atoms with Gasteiger partial charge in [-0.25, -0.2) is 13.4 Å². The molecule has 0 saturated carbocycles. The fraction of sp³-hybridized carbons (Fsp3) is 0.385. The van der Waals surface area contributed by atoms with Crippen LogP contribution in [-0.2, 0) is 20.4 Å². The van der Waals surface area contributed by atoms with E-state index in [2.05, 4.69) is 41.9 Å². The molecule has 7 nitrogen and oxygen atoms in total. The predicted octanol–water partition coefficient (Wildman–Crippen LogP) is 3.92. The van der Waals surface area contributed by atoms with Gasteiger partial charge in [-0.05, 0) is 57.0 Å². The van der Waals surface area contributed by atoms with Crippen molar-refractivity contribution in [2.24, 2.45) is 0 Å². The molecule has 0 radical (unpaired) electrons. The second-order valence-corrected chi connectivity index (χ2v) is 11.2. The van der Waals surface area contributed by atoms with Gasteiger partial charge in [-0.2, -0.15) is 0 Å². The van der Waals surface area contributed by atoms with Crippen LogP contribution in [0.25, 0.3) is 11.5 Å². The van der Waals surface area contributed by atoms with Crippen LogP contribution in [0.3, 0.4) is 0 Å². The van der Waals surface area contributed by atoms with Crippen LogP contribution in [0.2, 0.25) is 0 Å². The van der Waals surface area contributed by atoms with Crippen LogP contribution in [0.15, 0.2) is 52.9 Å². The first-order chi connectivity index (χ1) is 16.1. The van der Waals surface area contributed by atoms with Gasteiger partial charge in [0.2, 0.25) is 11.8 Å². The van der Waals surface area contributed by atoms with Gasteiger partial charge >= 0.3 is 0 Å². The molecule has 2 heterocycles.